The number of rotatable bonds is 8. The van der Waals surface area contributed by atoms with E-state index >= 15 is 0 Å². The van der Waals surface area contributed by atoms with Gasteiger partial charge in [0, 0.05) is 36.1 Å². The number of carbonyl (C=O) groups excluding carboxylic acids is 1. The van der Waals surface area contributed by atoms with E-state index < -0.39 is 6.29 Å². The van der Waals surface area contributed by atoms with Gasteiger partial charge in [-0.15, -0.1) is 0 Å². The number of hydrogen-bond acceptors (Lipinski definition) is 6. The maximum absolute atomic E-state index is 11.2. The van der Waals surface area contributed by atoms with Gasteiger partial charge in [-0.05, 0) is 23.3 Å². The summed E-state index contributed by atoms with van der Waals surface area (Å²) in [5.74, 6) is 1.33. The molecular weight excluding hydrogens is 390 g/mol. The van der Waals surface area contributed by atoms with Gasteiger partial charge in [-0.3, -0.25) is 4.79 Å². The number of carbonyl (C=O) groups is 1. The van der Waals surface area contributed by atoms with E-state index in [1.165, 1.54) is 6.92 Å². The summed E-state index contributed by atoms with van der Waals surface area (Å²) < 4.78 is 12.4. The molecule has 156 valence electrons. The van der Waals surface area contributed by atoms with Crippen LogP contribution in [0.25, 0.3) is 0 Å². The van der Waals surface area contributed by atoms with Crippen LogP contribution in [0.1, 0.15) is 42.4 Å². The zero-order valence-corrected chi connectivity index (χ0v) is 17.2. The Bertz CT molecular complexity index is 781. The molecule has 7 heteroatoms. The zero-order chi connectivity index (χ0) is 20.6. The average Bonchev–Trinajstić information content (AvgIpc) is 2.74. The summed E-state index contributed by atoms with van der Waals surface area (Å²) >= 11 is 1.66. The summed E-state index contributed by atoms with van der Waals surface area (Å²) in [4.78, 5) is 11.2. The van der Waals surface area contributed by atoms with E-state index in [4.69, 9.17) is 14.6 Å². The summed E-state index contributed by atoms with van der Waals surface area (Å²) in [5.41, 5.74) is 3.51. The molecule has 0 aromatic heterocycles. The number of amides is 1. The maximum atomic E-state index is 11.2. The molecule has 2 aromatic rings. The molecule has 3 N–H and O–H groups in total. The molecule has 0 saturated carbocycles. The number of ether oxygens (including phenoxy) is 2. The normalized spacial score (nSPS) is 21.7. The van der Waals surface area contributed by atoms with Gasteiger partial charge in [0.15, 0.2) is 6.29 Å². The van der Waals surface area contributed by atoms with Crippen molar-refractivity contribution >= 4 is 23.4 Å². The third-order valence-corrected chi connectivity index (χ3v) is 5.74. The van der Waals surface area contributed by atoms with E-state index in [0.29, 0.717) is 5.75 Å². The second kappa shape index (κ2) is 10.8. The number of aliphatic hydroxyl groups is 2. The highest BCUT2D eigenvalue weighted by molar-refractivity contribution is 7.99. The Labute approximate surface area is 175 Å². The first kappa shape index (κ1) is 21.8. The fourth-order valence-corrected chi connectivity index (χ4v) is 4.00. The molecule has 6 nitrogen and oxygen atoms in total. The Morgan fingerprint density at radius 1 is 1.07 bits per heavy atom. The zero-order valence-electron chi connectivity index (χ0n) is 16.4. The van der Waals surface area contributed by atoms with Crippen molar-refractivity contribution in [1.82, 2.24) is 0 Å². The number of benzene rings is 2. The third kappa shape index (κ3) is 6.29. The highest BCUT2D eigenvalue weighted by Gasteiger charge is 2.32. The molecule has 0 unspecified atom stereocenters. The van der Waals surface area contributed by atoms with Crippen molar-refractivity contribution in [2.75, 3.05) is 23.4 Å². The fraction of sp³-hybridized carbons (Fsp3) is 0.409. The summed E-state index contributed by atoms with van der Waals surface area (Å²) in [7, 11) is 0. The number of nitrogens with one attached hydrogen (secondary N) is 1. The Morgan fingerprint density at radius 2 is 1.76 bits per heavy atom. The van der Waals surface area contributed by atoms with Crippen LogP contribution in [0, 0.1) is 0 Å². The van der Waals surface area contributed by atoms with Crippen molar-refractivity contribution < 1.29 is 24.5 Å². The SMILES string of the molecule is CC(=O)Nc1ccc([C@H]2O[C@@H](CSCCO)C[C@@H](c3ccc(CO)cc3)O2)cc1. The van der Waals surface area contributed by atoms with Crippen LogP contribution in [0.4, 0.5) is 5.69 Å². The van der Waals surface area contributed by atoms with Gasteiger partial charge in [-0.25, -0.2) is 0 Å². The Morgan fingerprint density at radius 3 is 2.38 bits per heavy atom. The average molecular weight is 418 g/mol. The van der Waals surface area contributed by atoms with E-state index in [1.807, 2.05) is 48.5 Å². The molecule has 1 aliphatic rings. The van der Waals surface area contributed by atoms with Crippen LogP contribution in [0.2, 0.25) is 0 Å². The molecule has 29 heavy (non-hydrogen) atoms. The van der Waals surface area contributed by atoms with Gasteiger partial charge in [0.25, 0.3) is 0 Å². The van der Waals surface area contributed by atoms with Crippen molar-refractivity contribution in [2.45, 2.75) is 38.4 Å². The summed E-state index contributed by atoms with van der Waals surface area (Å²) in [5, 5.41) is 21.1. The predicted octanol–water partition coefficient (Wildman–Crippen LogP) is 3.41. The van der Waals surface area contributed by atoms with Gasteiger partial charge in [0.2, 0.25) is 5.91 Å². The molecule has 0 aliphatic carbocycles. The van der Waals surface area contributed by atoms with Gasteiger partial charge in [0.05, 0.1) is 25.4 Å². The second-order valence-corrected chi connectivity index (χ2v) is 8.10. The minimum atomic E-state index is -0.516. The van der Waals surface area contributed by atoms with Crippen LogP contribution in [-0.4, -0.2) is 40.3 Å². The number of anilines is 1. The molecule has 1 amide bonds. The van der Waals surface area contributed by atoms with Crippen molar-refractivity contribution in [3.05, 3.63) is 65.2 Å². The molecule has 0 radical (unpaired) electrons. The quantitative estimate of drug-likeness (QED) is 0.571. The first-order valence-corrected chi connectivity index (χ1v) is 10.8. The lowest BCUT2D eigenvalue weighted by molar-refractivity contribution is -0.245. The van der Waals surface area contributed by atoms with Crippen LogP contribution in [0.3, 0.4) is 0 Å². The number of thioether (sulfide) groups is 1. The highest BCUT2D eigenvalue weighted by Crippen LogP contribution is 2.38. The Balaban J connectivity index is 1.76. The molecule has 1 fully saturated rings. The minimum Gasteiger partial charge on any atom is -0.396 e. The summed E-state index contributed by atoms with van der Waals surface area (Å²) in [6.07, 6.45) is 0.0636. The largest absolute Gasteiger partial charge is 0.396 e. The standard InChI is InChI=1S/C22H27NO5S/c1-15(26)23-19-8-6-18(7-9-19)22-27-20(14-29-11-10-24)12-21(28-22)17-4-2-16(13-25)3-5-17/h2-9,20-22,24-25H,10-14H2,1H3,(H,23,26)/t20-,21+,22+/m1/s1. The monoisotopic (exact) mass is 417 g/mol. The van der Waals surface area contributed by atoms with Crippen molar-refractivity contribution in [2.24, 2.45) is 0 Å². The first-order valence-electron chi connectivity index (χ1n) is 9.66. The number of hydrogen-bond donors (Lipinski definition) is 3. The van der Waals surface area contributed by atoms with E-state index in [-0.39, 0.29) is 31.3 Å². The second-order valence-electron chi connectivity index (χ2n) is 6.95. The molecule has 1 aliphatic heterocycles. The molecular formula is C22H27NO5S. The van der Waals surface area contributed by atoms with Gasteiger partial charge in [0.1, 0.15) is 0 Å². The molecule has 1 heterocycles. The molecule has 2 aromatic carbocycles. The number of aliphatic hydroxyl groups excluding tert-OH is 2. The molecule has 0 spiro atoms. The van der Waals surface area contributed by atoms with Gasteiger partial charge in [-0.2, -0.15) is 11.8 Å². The van der Waals surface area contributed by atoms with Crippen LogP contribution >= 0.6 is 11.8 Å². The van der Waals surface area contributed by atoms with Crippen molar-refractivity contribution in [3.8, 4) is 0 Å². The van der Waals surface area contributed by atoms with Gasteiger partial charge >= 0.3 is 0 Å². The predicted molar refractivity (Wildman–Crippen MR) is 114 cm³/mol. The van der Waals surface area contributed by atoms with Crippen LogP contribution in [0.15, 0.2) is 48.5 Å². The van der Waals surface area contributed by atoms with Crippen LogP contribution in [-0.2, 0) is 20.9 Å². The van der Waals surface area contributed by atoms with E-state index in [2.05, 4.69) is 5.32 Å². The molecule has 3 atom stereocenters. The smallest absolute Gasteiger partial charge is 0.221 e. The minimum absolute atomic E-state index is 0.0113. The summed E-state index contributed by atoms with van der Waals surface area (Å²) in [6.45, 7) is 1.63. The Kier molecular flexibility index (Phi) is 8.09. The van der Waals surface area contributed by atoms with Gasteiger partial charge < -0.3 is 25.0 Å². The van der Waals surface area contributed by atoms with Crippen LogP contribution in [0.5, 0.6) is 0 Å². The fourth-order valence-electron chi connectivity index (χ4n) is 3.23. The highest BCUT2D eigenvalue weighted by atomic mass is 32.2. The van der Waals surface area contributed by atoms with Crippen molar-refractivity contribution in [3.63, 3.8) is 0 Å². The first-order chi connectivity index (χ1) is 14.1. The maximum Gasteiger partial charge on any atom is 0.221 e. The topological polar surface area (TPSA) is 88.0 Å². The van der Waals surface area contributed by atoms with Crippen molar-refractivity contribution in [1.29, 1.82) is 0 Å². The molecule has 0 bridgehead atoms. The van der Waals surface area contributed by atoms with E-state index in [0.717, 1.165) is 34.6 Å². The summed E-state index contributed by atoms with van der Waals surface area (Å²) in [6, 6.07) is 15.2. The third-order valence-electron chi connectivity index (χ3n) is 4.66. The van der Waals surface area contributed by atoms with E-state index in [9.17, 15) is 9.90 Å². The lowest BCUT2D eigenvalue weighted by atomic mass is 10.0. The lowest BCUT2D eigenvalue weighted by Gasteiger charge is -2.36. The lowest BCUT2D eigenvalue weighted by Crippen LogP contribution is -2.31. The molecule has 3 rings (SSSR count). The van der Waals surface area contributed by atoms with Crippen LogP contribution < -0.4 is 5.32 Å². The Hall–Kier alpha value is -1.90. The van der Waals surface area contributed by atoms with Gasteiger partial charge in [-0.1, -0.05) is 36.4 Å². The van der Waals surface area contributed by atoms with E-state index in [1.54, 1.807) is 11.8 Å². The molecule has 1 saturated heterocycles.